The van der Waals surface area contributed by atoms with Gasteiger partial charge in [0.05, 0.1) is 19.0 Å². The summed E-state index contributed by atoms with van der Waals surface area (Å²) in [6.45, 7) is 8.21. The first-order valence-electron chi connectivity index (χ1n) is 15.0. The topological polar surface area (TPSA) is 131 Å². The van der Waals surface area contributed by atoms with Crippen LogP contribution in [0.5, 0.6) is 5.75 Å². The minimum Gasteiger partial charge on any atom is -0.494 e. The van der Waals surface area contributed by atoms with Gasteiger partial charge < -0.3 is 31.7 Å². The number of nitrogens with two attached hydrogens (primary N) is 1. The normalized spacial score (nSPS) is 12.0. The fourth-order valence-electron chi connectivity index (χ4n) is 4.94. The molecule has 1 amide bonds. The summed E-state index contributed by atoms with van der Waals surface area (Å²) in [5.41, 5.74) is 8.55. The van der Waals surface area contributed by atoms with Gasteiger partial charge in [0, 0.05) is 41.8 Å². The minimum atomic E-state index is -1.06. The van der Waals surface area contributed by atoms with Crippen LogP contribution in [-0.2, 0) is 6.42 Å². The summed E-state index contributed by atoms with van der Waals surface area (Å²) in [4.78, 5) is 21.9. The van der Waals surface area contributed by atoms with Crippen LogP contribution >= 0.6 is 0 Å². The number of imidazole rings is 1. The van der Waals surface area contributed by atoms with E-state index in [1.165, 1.54) is 25.4 Å². The lowest BCUT2D eigenvalue weighted by Gasteiger charge is -2.17. The first-order chi connectivity index (χ1) is 21.4. The number of fused-ring (bicyclic) bond motifs is 1. The molecule has 12 heteroatoms. The summed E-state index contributed by atoms with van der Waals surface area (Å²) in [7, 11) is 1.28. The molecule has 0 spiro atoms. The molecule has 0 bridgehead atoms. The number of carbonyl (C=O) groups excluding carboxylic acids is 1. The Morgan fingerprint density at radius 3 is 2.57 bits per heavy atom. The van der Waals surface area contributed by atoms with Gasteiger partial charge in [-0.25, -0.2) is 14.4 Å². The summed E-state index contributed by atoms with van der Waals surface area (Å²) in [6, 6.07) is 8.31. The van der Waals surface area contributed by atoms with Gasteiger partial charge in [-0.05, 0) is 94.7 Å². The predicted octanol–water partition coefficient (Wildman–Crippen LogP) is 4.42. The third kappa shape index (κ3) is 8.07. The number of ether oxygens (including phenoxy) is 1. The number of amides is 1. The van der Waals surface area contributed by atoms with E-state index in [2.05, 4.69) is 31.2 Å². The van der Waals surface area contributed by atoms with Crippen LogP contribution in [0.25, 0.3) is 16.9 Å². The van der Waals surface area contributed by atoms with Crippen LogP contribution in [0.1, 0.15) is 49.0 Å². The van der Waals surface area contributed by atoms with E-state index in [4.69, 9.17) is 10.5 Å². The van der Waals surface area contributed by atoms with Crippen LogP contribution in [0.3, 0.4) is 0 Å². The fourth-order valence-corrected chi connectivity index (χ4v) is 4.94. The third-order valence-corrected chi connectivity index (χ3v) is 7.31. The van der Waals surface area contributed by atoms with Crippen LogP contribution in [0.15, 0.2) is 48.9 Å². The third-order valence-electron chi connectivity index (χ3n) is 7.31. The number of benzene rings is 2. The van der Waals surface area contributed by atoms with Gasteiger partial charge in [-0.2, -0.15) is 4.39 Å². The second kappa shape index (κ2) is 16.1. The lowest BCUT2D eigenvalue weighted by Crippen LogP contribution is -2.40. The van der Waals surface area contributed by atoms with Gasteiger partial charge in [-0.3, -0.25) is 9.20 Å². The minimum absolute atomic E-state index is 0.0341. The number of aryl methyl sites for hydroxylation is 1. The smallest absolute Gasteiger partial charge is 0.251 e. The Morgan fingerprint density at radius 1 is 1.05 bits per heavy atom. The number of anilines is 2. The van der Waals surface area contributed by atoms with Crippen molar-refractivity contribution in [3.63, 3.8) is 0 Å². The van der Waals surface area contributed by atoms with Crippen molar-refractivity contribution in [1.29, 1.82) is 0 Å². The van der Waals surface area contributed by atoms with E-state index in [9.17, 15) is 13.6 Å². The molecule has 4 rings (SSSR count). The maximum Gasteiger partial charge on any atom is 0.251 e. The zero-order valence-electron chi connectivity index (χ0n) is 25.6. The highest BCUT2D eigenvalue weighted by Crippen LogP contribution is 2.31. The van der Waals surface area contributed by atoms with E-state index < -0.39 is 11.6 Å². The molecule has 2 aromatic carbocycles. The molecule has 2 heterocycles. The Balaban J connectivity index is 1.38. The van der Waals surface area contributed by atoms with E-state index in [0.717, 1.165) is 50.1 Å². The number of unbranched alkanes of at least 4 members (excludes halogenated alkanes) is 1. The van der Waals surface area contributed by atoms with Crippen LogP contribution in [0.4, 0.5) is 20.3 Å². The average molecular weight is 609 g/mol. The molecule has 4 aromatic rings. The van der Waals surface area contributed by atoms with Crippen LogP contribution < -0.4 is 31.7 Å². The first kappa shape index (κ1) is 32.8. The molecule has 0 saturated heterocycles. The quantitative estimate of drug-likeness (QED) is 0.111. The predicted molar refractivity (Wildman–Crippen MR) is 170 cm³/mol. The van der Waals surface area contributed by atoms with E-state index in [1.54, 1.807) is 22.9 Å². The monoisotopic (exact) mass is 608 g/mol. The van der Waals surface area contributed by atoms with E-state index in [1.807, 2.05) is 26.0 Å². The molecule has 0 aliphatic carbocycles. The highest BCUT2D eigenvalue weighted by atomic mass is 19.2. The fraction of sp³-hybridized carbons (Fsp3) is 0.406. The molecular weight excluding hydrogens is 566 g/mol. The van der Waals surface area contributed by atoms with Crippen molar-refractivity contribution >= 4 is 23.1 Å². The lowest BCUT2D eigenvalue weighted by atomic mass is 10.0. The Morgan fingerprint density at radius 2 is 1.82 bits per heavy atom. The van der Waals surface area contributed by atoms with E-state index >= 15 is 0 Å². The van der Waals surface area contributed by atoms with Gasteiger partial charge in [-0.15, -0.1) is 0 Å². The molecule has 0 unspecified atom stereocenters. The van der Waals surface area contributed by atoms with Gasteiger partial charge in [0.1, 0.15) is 0 Å². The molecule has 0 radical (unpaired) electrons. The summed E-state index contributed by atoms with van der Waals surface area (Å²) in [6.07, 6.45) is 8.45. The van der Waals surface area contributed by atoms with Gasteiger partial charge >= 0.3 is 0 Å². The molecule has 236 valence electrons. The highest BCUT2D eigenvalue weighted by Gasteiger charge is 2.20. The molecule has 0 saturated carbocycles. The van der Waals surface area contributed by atoms with Gasteiger partial charge in [0.2, 0.25) is 5.82 Å². The molecule has 44 heavy (non-hydrogen) atoms. The number of methoxy groups -OCH3 is 1. The van der Waals surface area contributed by atoms with Crippen molar-refractivity contribution in [3.05, 3.63) is 71.7 Å². The first-order valence-corrected chi connectivity index (χ1v) is 15.0. The van der Waals surface area contributed by atoms with Crippen molar-refractivity contribution in [1.82, 2.24) is 30.3 Å². The zero-order chi connectivity index (χ0) is 31.5. The number of hydrogen-bond acceptors (Lipinski definition) is 8. The second-order valence-electron chi connectivity index (χ2n) is 10.6. The Labute approximate surface area is 256 Å². The molecule has 10 nitrogen and oxygen atoms in total. The largest absolute Gasteiger partial charge is 0.494 e. The molecule has 0 aliphatic rings. The average Bonchev–Trinajstić information content (AvgIpc) is 3.46. The number of nitrogens with one attached hydrogen (secondary N) is 4. The molecule has 6 N–H and O–H groups in total. The molecular formula is C32H42F2N8O2. The highest BCUT2D eigenvalue weighted by molar-refractivity contribution is 5.96. The van der Waals surface area contributed by atoms with Gasteiger partial charge in [0.25, 0.3) is 5.91 Å². The molecule has 0 aliphatic heterocycles. The second-order valence-corrected chi connectivity index (χ2v) is 10.6. The lowest BCUT2D eigenvalue weighted by molar-refractivity contribution is 0.0939. The number of aromatic nitrogens is 3. The van der Waals surface area contributed by atoms with Crippen molar-refractivity contribution in [3.8, 4) is 17.0 Å². The Kier molecular flexibility index (Phi) is 12.0. The maximum absolute atomic E-state index is 14.8. The number of nitrogens with zero attached hydrogens (tertiary/aromatic N) is 3. The van der Waals surface area contributed by atoms with Crippen molar-refractivity contribution in [2.24, 2.45) is 5.73 Å². The SMILES string of the molecule is CCc1cc(Nc2nccn3c(-c4ccc(OC)c(F)c4F)cnc23)ccc1C(=O)N[C@H](C)CNCCCCNCCCN. The summed E-state index contributed by atoms with van der Waals surface area (Å²) >= 11 is 0. The van der Waals surface area contributed by atoms with Gasteiger partial charge in [0.15, 0.2) is 23.0 Å². The van der Waals surface area contributed by atoms with Crippen molar-refractivity contribution in [2.45, 2.75) is 45.6 Å². The number of carbonyl (C=O) groups is 1. The zero-order valence-corrected chi connectivity index (χ0v) is 25.6. The van der Waals surface area contributed by atoms with Crippen LogP contribution in [0, 0.1) is 11.6 Å². The number of rotatable bonds is 17. The standard InChI is InChI=1S/C32H42F2N8O2/c1-4-22-18-23(8-9-24(22)32(43)40-21(2)19-37-14-6-5-13-36-15-7-12-35)41-30-31-39-20-26(42(31)17-16-38-30)25-10-11-27(44-3)29(34)28(25)33/h8-11,16-18,20-21,36-37H,4-7,12-15,19,35H2,1-3H3,(H,38,41)(H,40,43)/t21-/m1/s1. The molecule has 0 fully saturated rings. The summed E-state index contributed by atoms with van der Waals surface area (Å²) in [5, 5.41) is 13.1. The van der Waals surface area contributed by atoms with Gasteiger partial charge in [-0.1, -0.05) is 6.92 Å². The summed E-state index contributed by atoms with van der Waals surface area (Å²) < 4.78 is 35.7. The van der Waals surface area contributed by atoms with Crippen LogP contribution in [0.2, 0.25) is 0 Å². The Bertz CT molecular complexity index is 1540. The Hall–Kier alpha value is -4.13. The number of hydrogen-bond donors (Lipinski definition) is 5. The van der Waals surface area contributed by atoms with E-state index in [-0.39, 0.29) is 23.3 Å². The van der Waals surface area contributed by atoms with E-state index in [0.29, 0.717) is 42.2 Å². The van der Waals surface area contributed by atoms with Crippen molar-refractivity contribution < 1.29 is 18.3 Å². The maximum atomic E-state index is 14.8. The molecule has 2 aromatic heterocycles. The molecule has 1 atom stereocenters. The summed E-state index contributed by atoms with van der Waals surface area (Å²) in [5.74, 6) is -1.96. The number of halogens is 2. The van der Waals surface area contributed by atoms with Crippen LogP contribution in [-0.4, -0.2) is 66.2 Å². The van der Waals surface area contributed by atoms with Crippen molar-refractivity contribution in [2.75, 3.05) is 45.2 Å².